The first-order valence-electron chi connectivity index (χ1n) is 7.14. The monoisotopic (exact) mass is 292 g/mol. The molecule has 0 unspecified atom stereocenters. The van der Waals surface area contributed by atoms with Gasteiger partial charge in [0.1, 0.15) is 5.69 Å². The smallest absolute Gasteiger partial charge is 0.108 e. The highest BCUT2D eigenvalue weighted by molar-refractivity contribution is 7.09. The van der Waals surface area contributed by atoms with Crippen LogP contribution < -0.4 is 5.32 Å². The molecule has 2 N–H and O–H groups in total. The van der Waals surface area contributed by atoms with Gasteiger partial charge in [0.15, 0.2) is 0 Å². The van der Waals surface area contributed by atoms with Crippen LogP contribution in [0.4, 0.5) is 0 Å². The highest BCUT2D eigenvalue weighted by Gasteiger charge is 2.27. The third-order valence-electron chi connectivity index (χ3n) is 3.91. The summed E-state index contributed by atoms with van der Waals surface area (Å²) in [6.07, 6.45) is 6.66. The van der Waals surface area contributed by atoms with Gasteiger partial charge in [0.2, 0.25) is 0 Å². The molecule has 1 aliphatic rings. The molecule has 0 spiro atoms. The molecule has 3 rings (SSSR count). The largest absolute Gasteiger partial charge is 0.390 e. The normalized spacial score (nSPS) is 23.1. The number of nitrogens with zero attached hydrogens (tertiary/aromatic N) is 3. The van der Waals surface area contributed by atoms with Gasteiger partial charge < -0.3 is 10.4 Å². The van der Waals surface area contributed by atoms with Gasteiger partial charge in [0, 0.05) is 17.5 Å². The van der Waals surface area contributed by atoms with Crippen LogP contribution in [0.1, 0.15) is 42.3 Å². The standard InChI is InChI=1S/C14H20N4OS/c19-10-11-9-18(17-16-11)14-6-2-1-5-13(14)15-8-12-4-3-7-20-12/h3-4,7,9,13-15,19H,1-2,5-6,8,10H2/t13-,14+/m0/s1. The van der Waals surface area contributed by atoms with E-state index in [1.54, 1.807) is 11.3 Å². The predicted molar refractivity (Wildman–Crippen MR) is 78.4 cm³/mol. The van der Waals surface area contributed by atoms with E-state index in [9.17, 15) is 0 Å². The summed E-state index contributed by atoms with van der Waals surface area (Å²) >= 11 is 1.79. The van der Waals surface area contributed by atoms with E-state index in [1.165, 1.54) is 24.1 Å². The molecule has 20 heavy (non-hydrogen) atoms. The summed E-state index contributed by atoms with van der Waals surface area (Å²) < 4.78 is 1.93. The number of rotatable bonds is 5. The van der Waals surface area contributed by atoms with E-state index in [0.717, 1.165) is 13.0 Å². The zero-order chi connectivity index (χ0) is 13.8. The number of nitrogens with one attached hydrogen (secondary N) is 1. The number of thiophene rings is 1. The first-order valence-corrected chi connectivity index (χ1v) is 8.02. The topological polar surface area (TPSA) is 63.0 Å². The van der Waals surface area contributed by atoms with Gasteiger partial charge >= 0.3 is 0 Å². The van der Waals surface area contributed by atoms with Gasteiger partial charge in [-0.05, 0) is 24.3 Å². The molecular weight excluding hydrogens is 272 g/mol. The van der Waals surface area contributed by atoms with Crippen LogP contribution in [0.15, 0.2) is 23.7 Å². The zero-order valence-electron chi connectivity index (χ0n) is 11.4. The Morgan fingerprint density at radius 1 is 1.40 bits per heavy atom. The Morgan fingerprint density at radius 2 is 2.30 bits per heavy atom. The fraction of sp³-hybridized carbons (Fsp3) is 0.571. The van der Waals surface area contributed by atoms with E-state index < -0.39 is 0 Å². The van der Waals surface area contributed by atoms with Gasteiger partial charge in [0.05, 0.1) is 18.8 Å². The molecule has 0 aromatic carbocycles. The van der Waals surface area contributed by atoms with Crippen LogP contribution in [0.25, 0.3) is 0 Å². The lowest BCUT2D eigenvalue weighted by Gasteiger charge is -2.32. The van der Waals surface area contributed by atoms with Crippen LogP contribution in [0, 0.1) is 0 Å². The van der Waals surface area contributed by atoms with Crippen molar-refractivity contribution < 1.29 is 5.11 Å². The highest BCUT2D eigenvalue weighted by atomic mass is 32.1. The van der Waals surface area contributed by atoms with Gasteiger partial charge in [0.25, 0.3) is 0 Å². The molecule has 6 heteroatoms. The van der Waals surface area contributed by atoms with Crippen molar-refractivity contribution in [1.82, 2.24) is 20.3 Å². The summed E-state index contributed by atoms with van der Waals surface area (Å²) in [5.41, 5.74) is 0.646. The summed E-state index contributed by atoms with van der Waals surface area (Å²) in [4.78, 5) is 1.36. The summed E-state index contributed by atoms with van der Waals surface area (Å²) in [7, 11) is 0. The molecule has 1 fully saturated rings. The number of aliphatic hydroxyl groups is 1. The number of hydrogen-bond acceptors (Lipinski definition) is 5. The molecule has 0 bridgehead atoms. The summed E-state index contributed by atoms with van der Waals surface area (Å²) in [6.45, 7) is 0.875. The van der Waals surface area contributed by atoms with Crippen molar-refractivity contribution in [2.75, 3.05) is 0 Å². The van der Waals surface area contributed by atoms with Gasteiger partial charge in [-0.3, -0.25) is 0 Å². The molecule has 1 saturated carbocycles. The fourth-order valence-electron chi connectivity index (χ4n) is 2.86. The van der Waals surface area contributed by atoms with E-state index in [4.69, 9.17) is 5.11 Å². The summed E-state index contributed by atoms with van der Waals surface area (Å²) in [5.74, 6) is 0. The van der Waals surface area contributed by atoms with Crippen molar-refractivity contribution in [3.05, 3.63) is 34.3 Å². The number of aliphatic hydroxyl groups excluding tert-OH is 1. The molecule has 5 nitrogen and oxygen atoms in total. The van der Waals surface area contributed by atoms with Crippen LogP contribution in [0.2, 0.25) is 0 Å². The lowest BCUT2D eigenvalue weighted by Crippen LogP contribution is -2.39. The van der Waals surface area contributed by atoms with E-state index in [1.807, 2.05) is 10.9 Å². The van der Waals surface area contributed by atoms with Crippen molar-refractivity contribution in [2.45, 2.75) is 50.9 Å². The van der Waals surface area contributed by atoms with Gasteiger partial charge in [-0.2, -0.15) is 0 Å². The van der Waals surface area contributed by atoms with E-state index in [2.05, 4.69) is 33.1 Å². The Kier molecular flexibility index (Phi) is 4.44. The molecule has 0 radical (unpaired) electrons. The maximum absolute atomic E-state index is 9.11. The Hall–Kier alpha value is -1.24. The Morgan fingerprint density at radius 3 is 3.05 bits per heavy atom. The van der Waals surface area contributed by atoms with Crippen molar-refractivity contribution in [3.63, 3.8) is 0 Å². The Labute approximate surface area is 122 Å². The van der Waals surface area contributed by atoms with Crippen LogP contribution in [-0.2, 0) is 13.2 Å². The van der Waals surface area contributed by atoms with Crippen LogP contribution in [0.3, 0.4) is 0 Å². The lowest BCUT2D eigenvalue weighted by atomic mass is 9.90. The minimum Gasteiger partial charge on any atom is -0.390 e. The molecule has 108 valence electrons. The first-order chi connectivity index (χ1) is 9.86. The second kappa shape index (κ2) is 6.47. The van der Waals surface area contributed by atoms with E-state index >= 15 is 0 Å². The highest BCUT2D eigenvalue weighted by Crippen LogP contribution is 2.28. The number of hydrogen-bond donors (Lipinski definition) is 2. The van der Waals surface area contributed by atoms with Crippen molar-refractivity contribution >= 4 is 11.3 Å². The molecule has 2 heterocycles. The van der Waals surface area contributed by atoms with Crippen LogP contribution in [0.5, 0.6) is 0 Å². The first kappa shape index (κ1) is 13.7. The number of aromatic nitrogens is 3. The van der Waals surface area contributed by atoms with Crippen molar-refractivity contribution in [3.8, 4) is 0 Å². The minimum atomic E-state index is -0.0417. The van der Waals surface area contributed by atoms with E-state index in [0.29, 0.717) is 17.8 Å². The maximum atomic E-state index is 9.11. The lowest BCUT2D eigenvalue weighted by molar-refractivity contribution is 0.243. The minimum absolute atomic E-state index is 0.0417. The van der Waals surface area contributed by atoms with Crippen molar-refractivity contribution in [1.29, 1.82) is 0 Å². The second-order valence-electron chi connectivity index (χ2n) is 5.27. The molecule has 2 aromatic heterocycles. The predicted octanol–water partition coefficient (Wildman–Crippen LogP) is 2.11. The Bertz CT molecular complexity index is 525. The quantitative estimate of drug-likeness (QED) is 0.886. The average molecular weight is 292 g/mol. The molecule has 2 aromatic rings. The zero-order valence-corrected chi connectivity index (χ0v) is 12.2. The maximum Gasteiger partial charge on any atom is 0.108 e. The second-order valence-corrected chi connectivity index (χ2v) is 6.30. The third-order valence-corrected chi connectivity index (χ3v) is 4.78. The average Bonchev–Trinajstić information content (AvgIpc) is 3.16. The van der Waals surface area contributed by atoms with Crippen LogP contribution in [-0.4, -0.2) is 26.1 Å². The van der Waals surface area contributed by atoms with Crippen LogP contribution >= 0.6 is 11.3 Å². The Balaban J connectivity index is 1.67. The molecule has 0 aliphatic heterocycles. The van der Waals surface area contributed by atoms with Gasteiger partial charge in [-0.1, -0.05) is 24.1 Å². The van der Waals surface area contributed by atoms with E-state index in [-0.39, 0.29) is 6.61 Å². The third kappa shape index (κ3) is 3.08. The molecular formula is C14H20N4OS. The summed E-state index contributed by atoms with van der Waals surface area (Å²) in [5, 5.41) is 23.1. The SMILES string of the molecule is OCc1cn([C@@H]2CCCC[C@@H]2NCc2cccs2)nn1. The van der Waals surface area contributed by atoms with Gasteiger partial charge in [-0.15, -0.1) is 16.4 Å². The van der Waals surface area contributed by atoms with Crippen molar-refractivity contribution in [2.24, 2.45) is 0 Å². The fourth-order valence-corrected chi connectivity index (χ4v) is 3.51. The summed E-state index contributed by atoms with van der Waals surface area (Å²) in [6, 6.07) is 5.02. The molecule has 0 saturated heterocycles. The molecule has 0 amide bonds. The molecule has 2 atom stereocenters. The van der Waals surface area contributed by atoms with Gasteiger partial charge in [-0.25, -0.2) is 4.68 Å². The molecule has 1 aliphatic carbocycles.